The molecule has 21 heavy (non-hydrogen) atoms. The van der Waals surface area contributed by atoms with Crippen LogP contribution in [-0.2, 0) is 10.0 Å². The van der Waals surface area contributed by atoms with Gasteiger partial charge in [0.2, 0.25) is 15.9 Å². The largest absolute Gasteiger partial charge is 0.468 e. The summed E-state index contributed by atoms with van der Waals surface area (Å²) in [6.45, 7) is -0.0737. The number of aromatic nitrogens is 1. The van der Waals surface area contributed by atoms with Crippen molar-refractivity contribution in [1.29, 1.82) is 0 Å². The van der Waals surface area contributed by atoms with Crippen LogP contribution in [0.1, 0.15) is 6.92 Å². The van der Waals surface area contributed by atoms with E-state index in [9.17, 15) is 26.7 Å². The first kappa shape index (κ1) is 16.0. The summed E-state index contributed by atoms with van der Waals surface area (Å²) >= 11 is 0. The van der Waals surface area contributed by atoms with E-state index in [0.717, 1.165) is 22.6 Å². The number of sulfonamides is 1. The van der Waals surface area contributed by atoms with Gasteiger partial charge in [0.05, 0.1) is 11.8 Å². The van der Waals surface area contributed by atoms with Crippen molar-refractivity contribution in [1.82, 2.24) is 9.29 Å². The first-order valence-electron chi connectivity index (χ1n) is 5.88. The molecule has 6 nitrogen and oxygen atoms in total. The number of β-amino-alcohol motifs (C(OH)–C–C–N with tert-alkyl or cyclic N) is 1. The van der Waals surface area contributed by atoms with Gasteiger partial charge in [-0.15, -0.1) is 0 Å². The number of pyridine rings is 1. The Hall–Kier alpha value is -1.39. The summed E-state index contributed by atoms with van der Waals surface area (Å²) < 4.78 is 65.5. The van der Waals surface area contributed by atoms with E-state index in [1.807, 2.05) is 0 Å². The quantitative estimate of drug-likeness (QED) is 0.884. The molecule has 0 spiro atoms. The number of halogens is 3. The number of hydrogen-bond donors (Lipinski definition) is 1. The molecule has 0 radical (unpaired) electrons. The van der Waals surface area contributed by atoms with Crippen LogP contribution in [0.5, 0.6) is 5.88 Å². The molecule has 0 bridgehead atoms. The van der Waals surface area contributed by atoms with E-state index in [-0.39, 0.29) is 23.9 Å². The van der Waals surface area contributed by atoms with Crippen molar-refractivity contribution in [2.24, 2.45) is 0 Å². The third-order valence-corrected chi connectivity index (χ3v) is 4.54. The lowest BCUT2D eigenvalue weighted by Gasteiger charge is -2.42. The summed E-state index contributed by atoms with van der Waals surface area (Å²) in [4.78, 5) is 3.37. The lowest BCUT2D eigenvalue weighted by atomic mass is 10.0. The van der Waals surface area contributed by atoms with Crippen molar-refractivity contribution in [2.75, 3.05) is 19.7 Å². The topological polar surface area (TPSA) is 79.7 Å². The molecule has 0 saturated carbocycles. The Morgan fingerprint density at radius 2 is 2.05 bits per heavy atom. The number of rotatable bonds is 4. The molecule has 1 fully saturated rings. The second kappa shape index (κ2) is 5.11. The molecule has 0 atom stereocenters. The highest BCUT2D eigenvalue weighted by Crippen LogP contribution is 2.28. The summed E-state index contributed by atoms with van der Waals surface area (Å²) in [5.41, 5.74) is -1.06. The smallest absolute Gasteiger partial charge is 0.422 e. The van der Waals surface area contributed by atoms with Crippen molar-refractivity contribution < 1.29 is 31.4 Å². The molecule has 0 unspecified atom stereocenters. The maximum Gasteiger partial charge on any atom is 0.422 e. The van der Waals surface area contributed by atoms with E-state index in [0.29, 0.717) is 0 Å². The Morgan fingerprint density at radius 3 is 2.48 bits per heavy atom. The summed E-state index contributed by atoms with van der Waals surface area (Å²) in [6, 6.07) is 2.16. The second-order valence-corrected chi connectivity index (χ2v) is 6.94. The number of aliphatic hydroxyl groups is 1. The van der Waals surface area contributed by atoms with Crippen molar-refractivity contribution in [2.45, 2.75) is 23.6 Å². The summed E-state index contributed by atoms with van der Waals surface area (Å²) in [5, 5.41) is 9.54. The maximum absolute atomic E-state index is 12.1. The average Bonchev–Trinajstić information content (AvgIpc) is 2.33. The van der Waals surface area contributed by atoms with Crippen LogP contribution < -0.4 is 4.74 Å². The van der Waals surface area contributed by atoms with Gasteiger partial charge in [0.15, 0.2) is 6.61 Å². The van der Waals surface area contributed by atoms with Crippen molar-refractivity contribution in [3.8, 4) is 5.88 Å². The molecule has 1 aromatic rings. The normalized spacial score (nSPS) is 19.1. The van der Waals surface area contributed by atoms with Gasteiger partial charge in [-0.05, 0) is 13.0 Å². The van der Waals surface area contributed by atoms with Gasteiger partial charge in [-0.3, -0.25) is 0 Å². The molecule has 2 heterocycles. The van der Waals surface area contributed by atoms with E-state index in [1.165, 1.54) is 6.92 Å². The van der Waals surface area contributed by atoms with E-state index >= 15 is 0 Å². The van der Waals surface area contributed by atoms with Gasteiger partial charge in [0.1, 0.15) is 4.90 Å². The Kier molecular flexibility index (Phi) is 3.89. The predicted octanol–water partition coefficient (Wildman–Crippen LogP) is 0.778. The molecular weight excluding hydrogens is 313 g/mol. The Balaban J connectivity index is 2.05. The van der Waals surface area contributed by atoms with Gasteiger partial charge in [-0.25, -0.2) is 13.4 Å². The zero-order valence-electron chi connectivity index (χ0n) is 11.0. The van der Waals surface area contributed by atoms with Crippen LogP contribution in [0.4, 0.5) is 13.2 Å². The van der Waals surface area contributed by atoms with E-state index in [4.69, 9.17) is 0 Å². The van der Waals surface area contributed by atoms with Crippen molar-refractivity contribution in [3.05, 3.63) is 18.3 Å². The third kappa shape index (κ3) is 3.83. The molecule has 1 aliphatic heterocycles. The third-order valence-electron chi connectivity index (χ3n) is 2.76. The molecule has 2 rings (SSSR count). The number of nitrogens with zero attached hydrogens (tertiary/aromatic N) is 2. The van der Waals surface area contributed by atoms with E-state index in [1.54, 1.807) is 0 Å². The van der Waals surface area contributed by atoms with Gasteiger partial charge in [0.25, 0.3) is 0 Å². The highest BCUT2D eigenvalue weighted by molar-refractivity contribution is 7.89. The zero-order chi connectivity index (χ0) is 15.9. The Bertz CT molecular complexity index is 605. The first-order valence-corrected chi connectivity index (χ1v) is 7.32. The maximum atomic E-state index is 12.1. The molecule has 1 N–H and O–H groups in total. The van der Waals surface area contributed by atoms with Gasteiger partial charge in [0, 0.05) is 19.2 Å². The van der Waals surface area contributed by atoms with Crippen LogP contribution in [0.25, 0.3) is 0 Å². The van der Waals surface area contributed by atoms with E-state index in [2.05, 4.69) is 9.72 Å². The minimum Gasteiger partial charge on any atom is -0.468 e. The zero-order valence-corrected chi connectivity index (χ0v) is 11.8. The van der Waals surface area contributed by atoms with Crippen LogP contribution >= 0.6 is 0 Å². The van der Waals surface area contributed by atoms with Crippen LogP contribution in [-0.4, -0.2) is 54.3 Å². The number of ether oxygens (including phenoxy) is 1. The molecule has 10 heteroatoms. The fourth-order valence-electron chi connectivity index (χ4n) is 1.79. The molecule has 1 aliphatic rings. The number of alkyl halides is 3. The second-order valence-electron chi connectivity index (χ2n) is 5.01. The predicted molar refractivity (Wildman–Crippen MR) is 65.2 cm³/mol. The highest BCUT2D eigenvalue weighted by Gasteiger charge is 2.44. The van der Waals surface area contributed by atoms with Gasteiger partial charge >= 0.3 is 6.18 Å². The average molecular weight is 326 g/mol. The van der Waals surface area contributed by atoms with Crippen LogP contribution in [0.2, 0.25) is 0 Å². The monoisotopic (exact) mass is 326 g/mol. The van der Waals surface area contributed by atoms with Crippen LogP contribution in [0.15, 0.2) is 23.2 Å². The summed E-state index contributed by atoms with van der Waals surface area (Å²) in [7, 11) is -3.80. The standard InChI is InChI=1S/C11H13F3N2O4S/c1-10(17)5-16(6-10)21(18,19)8-2-3-9(15-4-8)20-7-11(12,13)14/h2-4,17H,5-7H2,1H3. The Morgan fingerprint density at radius 1 is 1.43 bits per heavy atom. The van der Waals surface area contributed by atoms with Gasteiger partial charge in [-0.2, -0.15) is 17.5 Å². The molecule has 0 aliphatic carbocycles. The molecule has 1 aromatic heterocycles. The van der Waals surface area contributed by atoms with Crippen molar-refractivity contribution >= 4 is 10.0 Å². The molecule has 0 aromatic carbocycles. The fraction of sp³-hybridized carbons (Fsp3) is 0.545. The molecule has 118 valence electrons. The lowest BCUT2D eigenvalue weighted by molar-refractivity contribution is -0.154. The molecule has 1 saturated heterocycles. The van der Waals surface area contributed by atoms with Crippen LogP contribution in [0.3, 0.4) is 0 Å². The minimum absolute atomic E-state index is 0.0400. The van der Waals surface area contributed by atoms with Gasteiger partial charge in [-0.1, -0.05) is 0 Å². The molecule has 0 amide bonds. The fourth-order valence-corrected chi connectivity index (χ4v) is 3.41. The molecular formula is C11H13F3N2O4S. The van der Waals surface area contributed by atoms with Crippen molar-refractivity contribution in [3.63, 3.8) is 0 Å². The lowest BCUT2D eigenvalue weighted by Crippen LogP contribution is -2.61. The van der Waals surface area contributed by atoms with E-state index < -0.39 is 28.4 Å². The summed E-state index contributed by atoms with van der Waals surface area (Å²) in [6.07, 6.45) is -3.57. The van der Waals surface area contributed by atoms with Gasteiger partial charge < -0.3 is 9.84 Å². The SMILES string of the molecule is CC1(O)CN(S(=O)(=O)c2ccc(OCC(F)(F)F)nc2)C1. The first-order chi connectivity index (χ1) is 9.50. The highest BCUT2D eigenvalue weighted by atomic mass is 32.2. The van der Waals surface area contributed by atoms with Crippen LogP contribution in [0, 0.1) is 0 Å². The Labute approximate surface area is 119 Å². The number of hydrogen-bond acceptors (Lipinski definition) is 5. The summed E-state index contributed by atoms with van der Waals surface area (Å²) in [5.74, 6) is -0.318. The minimum atomic E-state index is -4.49.